The highest BCUT2D eigenvalue weighted by Gasteiger charge is 2.50. The molecule has 2 heterocycles. The summed E-state index contributed by atoms with van der Waals surface area (Å²) in [6.45, 7) is 4.54. The van der Waals surface area contributed by atoms with Crippen molar-refractivity contribution >= 4 is 0 Å². The molecule has 25 heavy (non-hydrogen) atoms. The van der Waals surface area contributed by atoms with Crippen LogP contribution in [0.25, 0.3) is 0 Å². The van der Waals surface area contributed by atoms with Gasteiger partial charge in [0, 0.05) is 24.1 Å². The van der Waals surface area contributed by atoms with E-state index in [1.807, 2.05) is 42.5 Å². The molecule has 4 nitrogen and oxygen atoms in total. The predicted molar refractivity (Wildman–Crippen MR) is 97.0 cm³/mol. The molecule has 0 bridgehead atoms. The van der Waals surface area contributed by atoms with Crippen LogP contribution in [0, 0.1) is 0 Å². The number of nitrogens with zero attached hydrogens (tertiary/aromatic N) is 1. The van der Waals surface area contributed by atoms with Gasteiger partial charge in [-0.15, -0.1) is 0 Å². The van der Waals surface area contributed by atoms with Crippen molar-refractivity contribution in [3.05, 3.63) is 59.7 Å². The van der Waals surface area contributed by atoms with Crippen molar-refractivity contribution < 1.29 is 14.9 Å². The number of aliphatic hydroxyl groups is 1. The Kier molecular flexibility index (Phi) is 4.18. The van der Waals surface area contributed by atoms with Crippen molar-refractivity contribution in [3.63, 3.8) is 0 Å². The summed E-state index contributed by atoms with van der Waals surface area (Å²) >= 11 is 0. The van der Waals surface area contributed by atoms with Gasteiger partial charge in [0.2, 0.25) is 0 Å². The SMILES string of the molecule is CC[C@@]12CCN(C[C@H](O)c3ccccc3)C[C@@H]1Oc1ccc(O)cc12. The summed E-state index contributed by atoms with van der Waals surface area (Å²) in [7, 11) is 0. The molecule has 2 aliphatic rings. The summed E-state index contributed by atoms with van der Waals surface area (Å²) < 4.78 is 6.24. The highest BCUT2D eigenvalue weighted by molar-refractivity contribution is 5.49. The first-order valence-electron chi connectivity index (χ1n) is 9.08. The van der Waals surface area contributed by atoms with E-state index in [2.05, 4.69) is 11.8 Å². The molecular weight excluding hydrogens is 314 g/mol. The van der Waals surface area contributed by atoms with E-state index in [9.17, 15) is 10.2 Å². The third-order valence-corrected chi connectivity index (χ3v) is 5.93. The number of β-amino-alcohol motifs (C(OH)–C–C–N with tert-alkyl or cyclic N) is 1. The molecule has 0 unspecified atom stereocenters. The van der Waals surface area contributed by atoms with E-state index >= 15 is 0 Å². The van der Waals surface area contributed by atoms with Gasteiger partial charge in [0.05, 0.1) is 6.10 Å². The molecule has 0 aliphatic carbocycles. The van der Waals surface area contributed by atoms with Crippen molar-refractivity contribution in [2.24, 2.45) is 0 Å². The normalized spacial score (nSPS) is 26.6. The number of benzene rings is 2. The molecule has 0 saturated carbocycles. The van der Waals surface area contributed by atoms with Crippen LogP contribution in [0.5, 0.6) is 11.5 Å². The van der Waals surface area contributed by atoms with Crippen LogP contribution < -0.4 is 4.74 Å². The maximum atomic E-state index is 10.5. The van der Waals surface area contributed by atoms with Crippen LogP contribution in [0.4, 0.5) is 0 Å². The molecule has 2 aromatic carbocycles. The Labute approximate surface area is 148 Å². The first kappa shape index (κ1) is 16.4. The Morgan fingerprint density at radius 3 is 2.80 bits per heavy atom. The summed E-state index contributed by atoms with van der Waals surface area (Å²) in [4.78, 5) is 2.29. The molecule has 2 aromatic rings. The van der Waals surface area contributed by atoms with E-state index in [4.69, 9.17) is 4.74 Å². The Balaban J connectivity index is 1.51. The zero-order valence-electron chi connectivity index (χ0n) is 14.6. The van der Waals surface area contributed by atoms with E-state index in [1.165, 1.54) is 0 Å². The minimum Gasteiger partial charge on any atom is -0.508 e. The number of ether oxygens (including phenoxy) is 1. The van der Waals surface area contributed by atoms with E-state index in [0.29, 0.717) is 12.3 Å². The van der Waals surface area contributed by atoms with Gasteiger partial charge in [0.1, 0.15) is 17.6 Å². The molecule has 2 aliphatic heterocycles. The van der Waals surface area contributed by atoms with Crippen LogP contribution in [0.2, 0.25) is 0 Å². The number of phenolic OH excluding ortho intramolecular Hbond substituents is 1. The van der Waals surface area contributed by atoms with Crippen molar-refractivity contribution in [1.82, 2.24) is 4.90 Å². The van der Waals surface area contributed by atoms with E-state index in [0.717, 1.165) is 42.8 Å². The van der Waals surface area contributed by atoms with Gasteiger partial charge in [-0.05, 0) is 43.1 Å². The van der Waals surface area contributed by atoms with Crippen molar-refractivity contribution in [2.45, 2.75) is 37.4 Å². The number of fused-ring (bicyclic) bond motifs is 3. The zero-order chi connectivity index (χ0) is 17.4. The Bertz CT molecular complexity index is 748. The second-order valence-corrected chi connectivity index (χ2v) is 7.23. The van der Waals surface area contributed by atoms with Gasteiger partial charge < -0.3 is 14.9 Å². The molecule has 1 fully saturated rings. The third-order valence-electron chi connectivity index (χ3n) is 5.93. The molecule has 0 spiro atoms. The molecule has 1 saturated heterocycles. The monoisotopic (exact) mass is 339 g/mol. The fraction of sp³-hybridized carbons (Fsp3) is 0.429. The smallest absolute Gasteiger partial charge is 0.124 e. The van der Waals surface area contributed by atoms with Crippen molar-refractivity contribution in [2.75, 3.05) is 19.6 Å². The van der Waals surface area contributed by atoms with Gasteiger partial charge in [0.25, 0.3) is 0 Å². The van der Waals surface area contributed by atoms with Crippen LogP contribution in [0.3, 0.4) is 0 Å². The topological polar surface area (TPSA) is 52.9 Å². The number of rotatable bonds is 4. The fourth-order valence-electron chi connectivity index (χ4n) is 4.43. The third kappa shape index (κ3) is 2.79. The minimum absolute atomic E-state index is 0.0255. The number of aliphatic hydroxyl groups excluding tert-OH is 1. The fourth-order valence-corrected chi connectivity index (χ4v) is 4.43. The lowest BCUT2D eigenvalue weighted by Crippen LogP contribution is -2.53. The van der Waals surface area contributed by atoms with Crippen molar-refractivity contribution in [3.8, 4) is 11.5 Å². The average Bonchev–Trinajstić information content (AvgIpc) is 2.96. The van der Waals surface area contributed by atoms with Gasteiger partial charge in [-0.25, -0.2) is 0 Å². The van der Waals surface area contributed by atoms with E-state index in [1.54, 1.807) is 6.07 Å². The molecular formula is C21H25NO3. The number of likely N-dealkylation sites (tertiary alicyclic amines) is 1. The molecule has 0 amide bonds. The van der Waals surface area contributed by atoms with Gasteiger partial charge >= 0.3 is 0 Å². The number of hydrogen-bond acceptors (Lipinski definition) is 4. The Morgan fingerprint density at radius 2 is 2.04 bits per heavy atom. The van der Waals surface area contributed by atoms with Crippen LogP contribution in [-0.2, 0) is 5.41 Å². The van der Waals surface area contributed by atoms with Gasteiger partial charge in [-0.3, -0.25) is 4.90 Å². The van der Waals surface area contributed by atoms with Crippen molar-refractivity contribution in [1.29, 1.82) is 0 Å². The van der Waals surface area contributed by atoms with Crippen LogP contribution >= 0.6 is 0 Å². The van der Waals surface area contributed by atoms with Gasteiger partial charge in [0.15, 0.2) is 0 Å². The molecule has 132 valence electrons. The quantitative estimate of drug-likeness (QED) is 0.898. The highest BCUT2D eigenvalue weighted by Crippen LogP contribution is 2.50. The average molecular weight is 339 g/mol. The predicted octanol–water partition coefficient (Wildman–Crippen LogP) is 3.24. The molecule has 4 heteroatoms. The number of hydrogen-bond donors (Lipinski definition) is 2. The lowest BCUT2D eigenvalue weighted by Gasteiger charge is -2.43. The van der Waals surface area contributed by atoms with Crippen LogP contribution in [0.15, 0.2) is 48.5 Å². The molecule has 0 aromatic heterocycles. The second-order valence-electron chi connectivity index (χ2n) is 7.23. The molecule has 3 atom stereocenters. The number of piperidine rings is 1. The Hall–Kier alpha value is -2.04. The molecule has 0 radical (unpaired) electrons. The van der Waals surface area contributed by atoms with Gasteiger partial charge in [-0.2, -0.15) is 0 Å². The van der Waals surface area contributed by atoms with Crippen LogP contribution in [-0.4, -0.2) is 40.9 Å². The lowest BCUT2D eigenvalue weighted by molar-refractivity contribution is 0.0165. The standard InChI is InChI=1S/C21H25NO3/c1-2-21-10-11-22(13-18(24)15-6-4-3-5-7-15)14-20(21)25-19-9-8-16(23)12-17(19)21/h3-9,12,18,20,23-24H,2,10-11,13-14H2,1H3/t18-,20-,21-/m0/s1. The first-order valence-corrected chi connectivity index (χ1v) is 9.08. The molecule has 2 N–H and O–H groups in total. The summed E-state index contributed by atoms with van der Waals surface area (Å²) in [5, 5.41) is 20.4. The number of phenols is 1. The lowest BCUT2D eigenvalue weighted by atomic mass is 9.70. The largest absolute Gasteiger partial charge is 0.508 e. The minimum atomic E-state index is -0.483. The van der Waals surface area contributed by atoms with E-state index < -0.39 is 6.10 Å². The maximum Gasteiger partial charge on any atom is 0.124 e. The second kappa shape index (κ2) is 6.36. The van der Waals surface area contributed by atoms with E-state index in [-0.39, 0.29) is 11.5 Å². The molecule has 4 rings (SSSR count). The summed E-state index contributed by atoms with van der Waals surface area (Å²) in [5.74, 6) is 1.20. The highest BCUT2D eigenvalue weighted by atomic mass is 16.5. The van der Waals surface area contributed by atoms with Gasteiger partial charge in [-0.1, -0.05) is 37.3 Å². The summed E-state index contributed by atoms with van der Waals surface area (Å²) in [6.07, 6.45) is 1.56. The number of aromatic hydroxyl groups is 1. The first-order chi connectivity index (χ1) is 12.1. The zero-order valence-corrected chi connectivity index (χ0v) is 14.6. The summed E-state index contributed by atoms with van der Waals surface area (Å²) in [6, 6.07) is 15.3. The maximum absolute atomic E-state index is 10.5. The van der Waals surface area contributed by atoms with Crippen LogP contribution in [0.1, 0.15) is 37.0 Å². The Morgan fingerprint density at radius 1 is 1.24 bits per heavy atom. The summed E-state index contributed by atoms with van der Waals surface area (Å²) in [5.41, 5.74) is 2.07.